The Hall–Kier alpha value is -2.46. The Morgan fingerprint density at radius 2 is 1.91 bits per heavy atom. The molecule has 4 fully saturated rings. The molecule has 6 rings (SSSR count). The standard InChI is InChI=1S/C35H54N6O4/c1-6-7-25(31(42)20-40-17-16-36-39-40)23(2)30-19-37-41(38-30)21-32(43)29-11-10-27-26-9-8-24-18-33(3,44)14-15-35(24,22-45-5)28(26)12-13-34(27,29)4/h16-17,19,23-29,44H,6-15,18,20-22H2,1-5H3. The number of ketones is 2. The number of carbonyl (C=O) groups excluding carboxylic acids is 2. The fraction of sp³-hybridized carbons (Fsp3) is 0.829. The summed E-state index contributed by atoms with van der Waals surface area (Å²) in [5.74, 6) is 2.38. The van der Waals surface area contributed by atoms with Crippen molar-refractivity contribution in [3.63, 3.8) is 0 Å². The molecular weight excluding hydrogens is 568 g/mol. The Bertz CT molecular complexity index is 1340. The number of fused-ring (bicyclic) bond motifs is 5. The van der Waals surface area contributed by atoms with Crippen molar-refractivity contribution < 1.29 is 19.4 Å². The first kappa shape index (κ1) is 32.5. The van der Waals surface area contributed by atoms with Crippen molar-refractivity contribution in [2.45, 2.75) is 123 Å². The minimum Gasteiger partial charge on any atom is -0.390 e. The summed E-state index contributed by atoms with van der Waals surface area (Å²) >= 11 is 0. The SMILES string of the molecule is CCCC(C(=O)Cn1ccnn1)C(C)c1cnn(CC(=O)C2CCC3C4CCC5CC(C)(O)CCC5(COC)C4CCC23C)n1. The van der Waals surface area contributed by atoms with Gasteiger partial charge in [0.2, 0.25) is 0 Å². The second-order valence-electron chi connectivity index (χ2n) is 15.7. The average molecular weight is 623 g/mol. The highest BCUT2D eigenvalue weighted by Crippen LogP contribution is 2.68. The van der Waals surface area contributed by atoms with Gasteiger partial charge in [0.1, 0.15) is 13.1 Å². The van der Waals surface area contributed by atoms with E-state index in [0.717, 1.165) is 76.5 Å². The maximum atomic E-state index is 14.0. The van der Waals surface area contributed by atoms with Gasteiger partial charge < -0.3 is 9.84 Å². The van der Waals surface area contributed by atoms with Crippen LogP contribution in [-0.2, 0) is 27.4 Å². The van der Waals surface area contributed by atoms with E-state index in [1.54, 1.807) is 28.1 Å². The molecule has 10 unspecified atom stereocenters. The normalized spacial score (nSPS) is 37.3. The Kier molecular flexibility index (Phi) is 9.11. The molecule has 0 radical (unpaired) electrons. The van der Waals surface area contributed by atoms with Gasteiger partial charge in [-0.1, -0.05) is 32.4 Å². The average Bonchev–Trinajstić information content (AvgIpc) is 3.76. The van der Waals surface area contributed by atoms with Gasteiger partial charge in [-0.15, -0.1) is 5.10 Å². The second-order valence-corrected chi connectivity index (χ2v) is 15.7. The number of ether oxygens (including phenoxy) is 1. The highest BCUT2D eigenvalue weighted by atomic mass is 16.5. The number of hydrogen-bond acceptors (Lipinski definition) is 8. The molecule has 2 aromatic heterocycles. The van der Waals surface area contributed by atoms with Crippen molar-refractivity contribution in [2.24, 2.45) is 46.3 Å². The van der Waals surface area contributed by atoms with Crippen molar-refractivity contribution >= 4 is 11.6 Å². The number of Topliss-reactive ketones (excluding diaryl/α,β-unsaturated/α-hetero) is 2. The van der Waals surface area contributed by atoms with Gasteiger partial charge in [0.05, 0.1) is 30.3 Å². The summed E-state index contributed by atoms with van der Waals surface area (Å²) in [4.78, 5) is 28.7. The van der Waals surface area contributed by atoms with Gasteiger partial charge in [0, 0.05) is 31.1 Å². The first-order valence-corrected chi connectivity index (χ1v) is 17.5. The van der Waals surface area contributed by atoms with Crippen LogP contribution in [-0.4, -0.2) is 66.0 Å². The van der Waals surface area contributed by atoms with Crippen LogP contribution in [0.2, 0.25) is 0 Å². The molecule has 4 aliphatic rings. The van der Waals surface area contributed by atoms with Gasteiger partial charge in [0.15, 0.2) is 11.6 Å². The molecule has 45 heavy (non-hydrogen) atoms. The zero-order valence-electron chi connectivity index (χ0n) is 28.0. The summed E-state index contributed by atoms with van der Waals surface area (Å²) < 4.78 is 7.50. The molecule has 0 aromatic carbocycles. The molecule has 2 heterocycles. The molecule has 4 aliphatic carbocycles. The Labute approximate surface area is 268 Å². The monoisotopic (exact) mass is 622 g/mol. The molecule has 0 spiro atoms. The summed E-state index contributed by atoms with van der Waals surface area (Å²) in [6.45, 7) is 9.70. The first-order valence-electron chi connectivity index (χ1n) is 17.5. The Morgan fingerprint density at radius 3 is 2.64 bits per heavy atom. The summed E-state index contributed by atoms with van der Waals surface area (Å²) in [6.07, 6.45) is 16.1. The zero-order chi connectivity index (χ0) is 32.0. The van der Waals surface area contributed by atoms with Crippen LogP contribution in [0.3, 0.4) is 0 Å². The van der Waals surface area contributed by atoms with E-state index < -0.39 is 5.60 Å². The van der Waals surface area contributed by atoms with Gasteiger partial charge in [-0.25, -0.2) is 4.68 Å². The van der Waals surface area contributed by atoms with Gasteiger partial charge >= 0.3 is 0 Å². The third kappa shape index (κ3) is 5.94. The summed E-state index contributed by atoms with van der Waals surface area (Å²) in [7, 11) is 1.84. The molecule has 4 saturated carbocycles. The van der Waals surface area contributed by atoms with Crippen molar-refractivity contribution in [3.05, 3.63) is 24.3 Å². The van der Waals surface area contributed by atoms with Crippen LogP contribution in [0.1, 0.15) is 110 Å². The second kappa shape index (κ2) is 12.6. The van der Waals surface area contributed by atoms with Gasteiger partial charge in [-0.3, -0.25) is 9.59 Å². The quantitative estimate of drug-likeness (QED) is 0.340. The van der Waals surface area contributed by atoms with Gasteiger partial charge in [0.25, 0.3) is 0 Å². The van der Waals surface area contributed by atoms with Gasteiger partial charge in [-0.2, -0.15) is 15.0 Å². The fourth-order valence-electron chi connectivity index (χ4n) is 11.0. The van der Waals surface area contributed by atoms with Crippen LogP contribution in [0, 0.1) is 46.3 Å². The maximum absolute atomic E-state index is 14.0. The van der Waals surface area contributed by atoms with Crippen molar-refractivity contribution in [1.82, 2.24) is 30.0 Å². The maximum Gasteiger partial charge on any atom is 0.159 e. The lowest BCUT2D eigenvalue weighted by atomic mass is 9.43. The third-order valence-corrected chi connectivity index (χ3v) is 13.2. The summed E-state index contributed by atoms with van der Waals surface area (Å²) in [5.41, 5.74) is 0.353. The number of aliphatic hydroxyl groups is 1. The molecule has 248 valence electrons. The molecule has 1 N–H and O–H groups in total. The molecular formula is C35H54N6O4. The molecule has 0 amide bonds. The van der Waals surface area contributed by atoms with E-state index in [-0.39, 0.29) is 53.2 Å². The highest BCUT2D eigenvalue weighted by molar-refractivity contribution is 5.82. The van der Waals surface area contributed by atoms with Crippen LogP contribution in [0.5, 0.6) is 0 Å². The smallest absolute Gasteiger partial charge is 0.159 e. The summed E-state index contributed by atoms with van der Waals surface area (Å²) in [6, 6.07) is 0. The number of rotatable bonds is 12. The highest BCUT2D eigenvalue weighted by Gasteiger charge is 2.63. The molecule has 0 saturated heterocycles. The lowest BCUT2D eigenvalue weighted by Crippen LogP contribution is -2.58. The zero-order valence-corrected chi connectivity index (χ0v) is 28.0. The number of carbonyl (C=O) groups is 2. The summed E-state index contributed by atoms with van der Waals surface area (Å²) in [5, 5.41) is 28.0. The largest absolute Gasteiger partial charge is 0.390 e. The molecule has 0 bridgehead atoms. The molecule has 10 nitrogen and oxygen atoms in total. The van der Waals surface area contributed by atoms with Crippen LogP contribution >= 0.6 is 0 Å². The minimum atomic E-state index is -0.564. The topological polar surface area (TPSA) is 125 Å². The lowest BCUT2D eigenvalue weighted by molar-refractivity contribution is -0.175. The first-order chi connectivity index (χ1) is 21.5. The van der Waals surface area contributed by atoms with Crippen LogP contribution in [0.15, 0.2) is 18.6 Å². The number of methoxy groups -OCH3 is 1. The van der Waals surface area contributed by atoms with Crippen molar-refractivity contribution in [1.29, 1.82) is 0 Å². The predicted molar refractivity (Wildman–Crippen MR) is 169 cm³/mol. The Morgan fingerprint density at radius 1 is 1.09 bits per heavy atom. The predicted octanol–water partition coefficient (Wildman–Crippen LogP) is 5.26. The van der Waals surface area contributed by atoms with E-state index in [1.165, 1.54) is 6.42 Å². The molecule has 10 heteroatoms. The van der Waals surface area contributed by atoms with Crippen LogP contribution in [0.4, 0.5) is 0 Å². The molecule has 2 aromatic rings. The van der Waals surface area contributed by atoms with Crippen molar-refractivity contribution in [3.8, 4) is 0 Å². The van der Waals surface area contributed by atoms with E-state index >= 15 is 0 Å². The van der Waals surface area contributed by atoms with Crippen LogP contribution in [0.25, 0.3) is 0 Å². The van der Waals surface area contributed by atoms with Crippen molar-refractivity contribution in [2.75, 3.05) is 13.7 Å². The Balaban J connectivity index is 1.13. The van der Waals surface area contributed by atoms with E-state index in [1.807, 2.05) is 21.0 Å². The fourth-order valence-corrected chi connectivity index (χ4v) is 11.0. The number of aromatic nitrogens is 6. The van der Waals surface area contributed by atoms with E-state index in [9.17, 15) is 14.7 Å². The van der Waals surface area contributed by atoms with E-state index in [4.69, 9.17) is 9.84 Å². The van der Waals surface area contributed by atoms with E-state index in [2.05, 4.69) is 29.3 Å². The minimum absolute atomic E-state index is 0.00276. The van der Waals surface area contributed by atoms with Gasteiger partial charge in [-0.05, 0) is 106 Å². The van der Waals surface area contributed by atoms with E-state index in [0.29, 0.717) is 23.7 Å². The lowest BCUT2D eigenvalue weighted by Gasteiger charge is -2.62. The number of hydrogen-bond donors (Lipinski definition) is 1. The third-order valence-electron chi connectivity index (χ3n) is 13.2. The number of nitrogens with zero attached hydrogens (tertiary/aromatic N) is 6. The van der Waals surface area contributed by atoms with Crippen LogP contribution < -0.4 is 0 Å². The molecule has 0 aliphatic heterocycles. The molecule has 10 atom stereocenters.